The average molecular weight is 333 g/mol. The largest absolute Gasteiger partial charge is 0.444 e. The Morgan fingerprint density at radius 2 is 2.04 bits per heavy atom. The highest BCUT2D eigenvalue weighted by Gasteiger charge is 2.39. The first-order valence-electron chi connectivity index (χ1n) is 7.65. The average Bonchev–Trinajstić information content (AvgIpc) is 2.41. The molecule has 0 aromatic rings. The summed E-state index contributed by atoms with van der Waals surface area (Å²) in [6.45, 7) is 6.08. The van der Waals surface area contributed by atoms with E-state index < -0.39 is 23.6 Å². The lowest BCUT2D eigenvalue weighted by Crippen LogP contribution is -2.57. The Labute approximate surface area is 133 Å². The third kappa shape index (κ3) is 4.73. The Hall–Kier alpha value is -1.50. The lowest BCUT2D eigenvalue weighted by molar-refractivity contribution is -0.0537. The van der Waals surface area contributed by atoms with Crippen molar-refractivity contribution < 1.29 is 27.4 Å². The van der Waals surface area contributed by atoms with Gasteiger partial charge in [0.05, 0.1) is 25.3 Å². The summed E-state index contributed by atoms with van der Waals surface area (Å²) in [5, 5.41) is 0. The van der Waals surface area contributed by atoms with Crippen molar-refractivity contribution in [3.05, 3.63) is 23.6 Å². The molecule has 2 heterocycles. The Morgan fingerprint density at radius 3 is 2.61 bits per heavy atom. The fraction of sp³-hybridized carbons (Fsp3) is 0.688. The molecule has 130 valence electrons. The van der Waals surface area contributed by atoms with Crippen LogP contribution in [0.4, 0.5) is 18.0 Å². The zero-order valence-electron chi connectivity index (χ0n) is 13.6. The molecule has 4 nitrogen and oxygen atoms in total. The summed E-state index contributed by atoms with van der Waals surface area (Å²) in [4.78, 5) is 14.0. The molecule has 2 aliphatic heterocycles. The maximum Gasteiger partial charge on any atom is 0.411 e. The van der Waals surface area contributed by atoms with Crippen molar-refractivity contribution in [3.8, 4) is 0 Å². The lowest BCUT2D eigenvalue weighted by atomic mass is 9.92. The number of carbonyl (C=O) groups excluding carboxylic acids is 1. The van der Waals surface area contributed by atoms with Crippen LogP contribution in [0, 0.1) is 0 Å². The van der Waals surface area contributed by atoms with Crippen LogP contribution < -0.4 is 0 Å². The summed E-state index contributed by atoms with van der Waals surface area (Å²) in [6.07, 6.45) is -0.480. The Bertz CT molecular complexity index is 521. The highest BCUT2D eigenvalue weighted by atomic mass is 19.3. The molecule has 23 heavy (non-hydrogen) atoms. The summed E-state index contributed by atoms with van der Waals surface area (Å²) < 4.78 is 48.1. The molecule has 0 aromatic carbocycles. The zero-order chi connectivity index (χ0) is 17.2. The molecule has 0 saturated carbocycles. The van der Waals surface area contributed by atoms with Gasteiger partial charge < -0.3 is 9.47 Å². The van der Waals surface area contributed by atoms with Gasteiger partial charge in [-0.25, -0.2) is 9.18 Å². The second kappa shape index (κ2) is 6.95. The molecule has 2 aliphatic rings. The smallest absolute Gasteiger partial charge is 0.411 e. The molecule has 0 N–H and O–H groups in total. The van der Waals surface area contributed by atoms with Gasteiger partial charge >= 0.3 is 12.2 Å². The summed E-state index contributed by atoms with van der Waals surface area (Å²) in [5.41, 5.74) is 0.280. The summed E-state index contributed by atoms with van der Waals surface area (Å²) in [5.74, 6) is -1.37. The summed E-state index contributed by atoms with van der Waals surface area (Å²) in [7, 11) is 0. The summed E-state index contributed by atoms with van der Waals surface area (Å²) in [6, 6.07) is -0.500. The van der Waals surface area contributed by atoms with Crippen LogP contribution in [-0.4, -0.2) is 41.9 Å². The van der Waals surface area contributed by atoms with Crippen LogP contribution in [-0.2, 0) is 9.47 Å². The first-order valence-corrected chi connectivity index (χ1v) is 7.65. The van der Waals surface area contributed by atoms with Crippen molar-refractivity contribution in [1.82, 2.24) is 4.90 Å². The molecule has 0 aromatic heterocycles. The summed E-state index contributed by atoms with van der Waals surface area (Å²) >= 11 is 0. The van der Waals surface area contributed by atoms with Gasteiger partial charge in [-0.2, -0.15) is 8.78 Å². The van der Waals surface area contributed by atoms with Gasteiger partial charge in [-0.1, -0.05) is 11.6 Å². The Morgan fingerprint density at radius 1 is 1.35 bits per heavy atom. The van der Waals surface area contributed by atoms with Gasteiger partial charge in [0, 0.05) is 6.42 Å². The number of nitrogens with zero attached hydrogens (tertiary/aromatic N) is 1. The van der Waals surface area contributed by atoms with E-state index in [2.05, 4.69) is 0 Å². The van der Waals surface area contributed by atoms with Crippen LogP contribution in [0.15, 0.2) is 23.6 Å². The highest BCUT2D eigenvalue weighted by Crippen LogP contribution is 2.31. The molecule has 0 spiro atoms. The minimum atomic E-state index is -2.26. The third-order valence-corrected chi connectivity index (χ3v) is 3.75. The molecular formula is C16H22F3NO3. The number of hydrogen-bond donors (Lipinski definition) is 0. The quantitative estimate of drug-likeness (QED) is 0.727. The molecular weight excluding hydrogens is 311 g/mol. The molecule has 0 aliphatic carbocycles. The molecule has 2 rings (SSSR count). The number of hydrogen-bond acceptors (Lipinski definition) is 3. The normalized spacial score (nSPS) is 24.1. The highest BCUT2D eigenvalue weighted by molar-refractivity contribution is 5.70. The zero-order valence-corrected chi connectivity index (χ0v) is 13.6. The van der Waals surface area contributed by atoms with Crippen molar-refractivity contribution in [2.75, 3.05) is 13.2 Å². The van der Waals surface area contributed by atoms with Crippen LogP contribution in [0.2, 0.25) is 0 Å². The monoisotopic (exact) mass is 333 g/mol. The molecule has 2 bridgehead atoms. The number of carbonyl (C=O) groups is 1. The van der Waals surface area contributed by atoms with E-state index in [0.717, 1.165) is 5.57 Å². The first kappa shape index (κ1) is 17.8. The van der Waals surface area contributed by atoms with Gasteiger partial charge in [-0.3, -0.25) is 4.90 Å². The first-order chi connectivity index (χ1) is 10.7. The number of rotatable bonds is 3. The molecule has 2 atom stereocenters. The van der Waals surface area contributed by atoms with Crippen molar-refractivity contribution in [2.45, 2.75) is 57.7 Å². The maximum absolute atomic E-state index is 13.0. The predicted octanol–water partition coefficient (Wildman–Crippen LogP) is 4.18. The number of amides is 1. The Kier molecular flexibility index (Phi) is 5.39. The third-order valence-electron chi connectivity index (χ3n) is 3.75. The van der Waals surface area contributed by atoms with E-state index in [-0.39, 0.29) is 24.9 Å². The van der Waals surface area contributed by atoms with Crippen LogP contribution in [0.25, 0.3) is 0 Å². The van der Waals surface area contributed by atoms with Crippen LogP contribution >= 0.6 is 0 Å². The van der Waals surface area contributed by atoms with Crippen LogP contribution in [0.1, 0.15) is 40.0 Å². The maximum atomic E-state index is 13.0. The van der Waals surface area contributed by atoms with E-state index in [1.54, 1.807) is 25.7 Å². The minimum absolute atomic E-state index is 0.203. The fourth-order valence-corrected chi connectivity index (χ4v) is 2.83. The van der Waals surface area contributed by atoms with E-state index in [4.69, 9.17) is 9.47 Å². The van der Waals surface area contributed by atoms with Crippen LogP contribution in [0.3, 0.4) is 0 Å². The van der Waals surface area contributed by atoms with Gasteiger partial charge in [-0.15, -0.1) is 0 Å². The molecule has 1 saturated heterocycles. The molecule has 7 heteroatoms. The van der Waals surface area contributed by atoms with Gasteiger partial charge in [0.2, 0.25) is 0 Å². The van der Waals surface area contributed by atoms with E-state index >= 15 is 0 Å². The van der Waals surface area contributed by atoms with Gasteiger partial charge in [0.25, 0.3) is 0 Å². The lowest BCUT2D eigenvalue weighted by Gasteiger charge is -2.44. The SMILES string of the molecule is CC(C)(C)OC(=O)N1C2C=C(CCC(F)=C(F)F)CC1COC2. The van der Waals surface area contributed by atoms with E-state index in [1.165, 1.54) is 0 Å². The molecule has 2 unspecified atom stereocenters. The second-order valence-electron chi connectivity index (χ2n) is 6.84. The van der Waals surface area contributed by atoms with E-state index in [9.17, 15) is 18.0 Å². The number of morpholine rings is 1. The minimum Gasteiger partial charge on any atom is -0.444 e. The number of halogens is 3. The van der Waals surface area contributed by atoms with Crippen molar-refractivity contribution in [1.29, 1.82) is 0 Å². The number of fused-ring (bicyclic) bond motifs is 2. The van der Waals surface area contributed by atoms with E-state index in [0.29, 0.717) is 19.6 Å². The Balaban J connectivity index is 2.07. The van der Waals surface area contributed by atoms with Crippen LogP contribution in [0.5, 0.6) is 0 Å². The fourth-order valence-electron chi connectivity index (χ4n) is 2.83. The van der Waals surface area contributed by atoms with Gasteiger partial charge in [0.1, 0.15) is 5.60 Å². The van der Waals surface area contributed by atoms with Crippen molar-refractivity contribution in [3.63, 3.8) is 0 Å². The number of ether oxygens (including phenoxy) is 2. The van der Waals surface area contributed by atoms with Gasteiger partial charge in [0.15, 0.2) is 5.83 Å². The second-order valence-corrected chi connectivity index (χ2v) is 6.84. The van der Waals surface area contributed by atoms with Crippen molar-refractivity contribution >= 4 is 6.09 Å². The predicted molar refractivity (Wildman–Crippen MR) is 78.8 cm³/mol. The van der Waals surface area contributed by atoms with Gasteiger partial charge in [-0.05, 0) is 33.6 Å². The molecule has 1 fully saturated rings. The molecule has 0 radical (unpaired) electrons. The molecule has 1 amide bonds. The van der Waals surface area contributed by atoms with Crippen molar-refractivity contribution in [2.24, 2.45) is 0 Å². The standard InChI is InChI=1S/C16H22F3NO3/c1-16(2,3)23-15(21)20-11-6-10(4-5-13(17)14(18)19)7-12(20)9-22-8-11/h6,11-12H,4-5,7-9H2,1-3H3. The van der Waals surface area contributed by atoms with E-state index in [1.807, 2.05) is 6.08 Å². The number of allylic oxidation sites excluding steroid dienone is 1. The topological polar surface area (TPSA) is 38.8 Å².